The van der Waals surface area contributed by atoms with E-state index < -0.39 is 6.09 Å². The van der Waals surface area contributed by atoms with Gasteiger partial charge in [0.1, 0.15) is 18.9 Å². The molecule has 0 radical (unpaired) electrons. The number of anilines is 1. The van der Waals surface area contributed by atoms with Crippen LogP contribution in [-0.2, 0) is 11.3 Å². The smallest absolute Gasteiger partial charge is 0.417 e. The van der Waals surface area contributed by atoms with Crippen LogP contribution in [0.5, 0.6) is 0 Å². The fraction of sp³-hybridized carbons (Fsp3) is 0.154. The average Bonchev–Trinajstić information content (AvgIpc) is 2.94. The molecule has 6 nitrogen and oxygen atoms in total. The van der Waals surface area contributed by atoms with Gasteiger partial charge in [0.25, 0.3) is 0 Å². The highest BCUT2D eigenvalue weighted by atomic mass is 16.6. The number of hydrogen-bond acceptors (Lipinski definition) is 5. The highest BCUT2D eigenvalue weighted by Gasteiger charge is 2.17. The van der Waals surface area contributed by atoms with Crippen LogP contribution in [-0.4, -0.2) is 18.1 Å². The van der Waals surface area contributed by atoms with E-state index >= 15 is 0 Å². The normalized spacial score (nSPS) is 9.68. The molecule has 0 fully saturated rings. The van der Waals surface area contributed by atoms with Gasteiger partial charge in [-0.3, -0.25) is 0 Å². The molecule has 0 aliphatic rings. The molecule has 0 atom stereocenters. The van der Waals surface area contributed by atoms with E-state index in [4.69, 9.17) is 14.4 Å². The number of carbonyl (C=O) groups excluding carboxylic acids is 1. The number of nitriles is 1. The SMILES string of the molecule is CN(C(=O)OCc1ccccc1)c1nc(C#N)co1. The van der Waals surface area contributed by atoms with E-state index in [1.165, 1.54) is 13.3 Å². The van der Waals surface area contributed by atoms with Crippen molar-refractivity contribution in [2.24, 2.45) is 0 Å². The second kappa shape index (κ2) is 5.69. The Morgan fingerprint density at radius 3 is 2.84 bits per heavy atom. The lowest BCUT2D eigenvalue weighted by Gasteiger charge is -2.12. The Morgan fingerprint density at radius 1 is 1.47 bits per heavy atom. The molecule has 19 heavy (non-hydrogen) atoms. The summed E-state index contributed by atoms with van der Waals surface area (Å²) in [5.74, 6) is 0. The van der Waals surface area contributed by atoms with Crippen molar-refractivity contribution >= 4 is 12.1 Å². The number of rotatable bonds is 3. The molecule has 1 aromatic heterocycles. The molecule has 6 heteroatoms. The maximum atomic E-state index is 11.7. The molecule has 1 aromatic carbocycles. The van der Waals surface area contributed by atoms with Gasteiger partial charge in [-0.1, -0.05) is 30.3 Å². The van der Waals surface area contributed by atoms with E-state index in [0.29, 0.717) is 0 Å². The first-order valence-corrected chi connectivity index (χ1v) is 5.50. The molecule has 0 bridgehead atoms. The Hall–Kier alpha value is -2.81. The van der Waals surface area contributed by atoms with E-state index in [1.54, 1.807) is 0 Å². The Morgan fingerprint density at radius 2 is 2.21 bits per heavy atom. The van der Waals surface area contributed by atoms with Gasteiger partial charge in [0, 0.05) is 7.05 Å². The molecule has 2 rings (SSSR count). The van der Waals surface area contributed by atoms with E-state index in [0.717, 1.165) is 10.5 Å². The molecular formula is C13H11N3O3. The van der Waals surface area contributed by atoms with Gasteiger partial charge in [-0.25, -0.2) is 9.69 Å². The lowest BCUT2D eigenvalue weighted by Crippen LogP contribution is -2.27. The van der Waals surface area contributed by atoms with Gasteiger partial charge in [0.15, 0.2) is 5.69 Å². The number of aromatic nitrogens is 1. The van der Waals surface area contributed by atoms with Gasteiger partial charge in [0.05, 0.1) is 0 Å². The van der Waals surface area contributed by atoms with Crippen LogP contribution in [0.4, 0.5) is 10.8 Å². The van der Waals surface area contributed by atoms with Gasteiger partial charge in [-0.15, -0.1) is 0 Å². The van der Waals surface area contributed by atoms with Crippen molar-refractivity contribution in [3.63, 3.8) is 0 Å². The van der Waals surface area contributed by atoms with Crippen LogP contribution in [0.15, 0.2) is 41.0 Å². The minimum absolute atomic E-state index is 0.0228. The number of carbonyl (C=O) groups is 1. The van der Waals surface area contributed by atoms with Crippen LogP contribution in [0.2, 0.25) is 0 Å². The van der Waals surface area contributed by atoms with Crippen molar-refractivity contribution in [2.75, 3.05) is 11.9 Å². The highest BCUT2D eigenvalue weighted by molar-refractivity contribution is 5.84. The third kappa shape index (κ3) is 3.10. The molecule has 0 aliphatic heterocycles. The zero-order valence-electron chi connectivity index (χ0n) is 10.2. The van der Waals surface area contributed by atoms with E-state index in [1.807, 2.05) is 36.4 Å². The third-order valence-corrected chi connectivity index (χ3v) is 2.37. The largest absolute Gasteiger partial charge is 0.444 e. The topological polar surface area (TPSA) is 79.4 Å². The average molecular weight is 257 g/mol. The van der Waals surface area contributed by atoms with Crippen LogP contribution >= 0.6 is 0 Å². The van der Waals surface area contributed by atoms with Gasteiger partial charge < -0.3 is 9.15 Å². The standard InChI is InChI=1S/C13H11N3O3/c1-16(12-15-11(7-14)9-18-12)13(17)19-8-10-5-3-2-4-6-10/h2-6,9H,8H2,1H3. The fourth-order valence-corrected chi connectivity index (χ4v) is 1.36. The minimum Gasteiger partial charge on any atom is -0.444 e. The molecule has 96 valence electrons. The van der Waals surface area contributed by atoms with Crippen LogP contribution < -0.4 is 4.90 Å². The highest BCUT2D eigenvalue weighted by Crippen LogP contribution is 2.13. The lowest BCUT2D eigenvalue weighted by atomic mass is 10.2. The molecule has 0 saturated heterocycles. The van der Waals surface area contributed by atoms with E-state index in [2.05, 4.69) is 4.98 Å². The van der Waals surface area contributed by atoms with Crippen LogP contribution in [0.1, 0.15) is 11.3 Å². The van der Waals surface area contributed by atoms with Gasteiger partial charge >= 0.3 is 12.1 Å². The summed E-state index contributed by atoms with van der Waals surface area (Å²) in [7, 11) is 1.46. The monoisotopic (exact) mass is 257 g/mol. The summed E-state index contributed by atoms with van der Waals surface area (Å²) in [4.78, 5) is 16.6. The number of hydrogen-bond donors (Lipinski definition) is 0. The van der Waals surface area contributed by atoms with E-state index in [9.17, 15) is 4.79 Å². The Kier molecular flexibility index (Phi) is 3.78. The van der Waals surface area contributed by atoms with Gasteiger partial charge in [-0.05, 0) is 5.56 Å². The summed E-state index contributed by atoms with van der Waals surface area (Å²) in [6.45, 7) is 0.163. The number of amides is 1. The van der Waals surface area contributed by atoms with Crippen LogP contribution in [0.25, 0.3) is 0 Å². The van der Waals surface area contributed by atoms with Crippen molar-refractivity contribution < 1.29 is 13.9 Å². The summed E-state index contributed by atoms with van der Waals surface area (Å²) in [6, 6.07) is 11.2. The van der Waals surface area contributed by atoms with Crippen molar-refractivity contribution in [3.05, 3.63) is 47.9 Å². The molecular weight excluding hydrogens is 246 g/mol. The molecule has 0 saturated carbocycles. The number of ether oxygens (including phenoxy) is 1. The predicted octanol–water partition coefficient (Wildman–Crippen LogP) is 2.32. The molecule has 0 spiro atoms. The van der Waals surface area contributed by atoms with Crippen molar-refractivity contribution in [1.82, 2.24) is 4.98 Å². The molecule has 1 heterocycles. The van der Waals surface area contributed by atoms with Crippen LogP contribution in [0.3, 0.4) is 0 Å². The van der Waals surface area contributed by atoms with Crippen LogP contribution in [0, 0.1) is 11.3 Å². The molecule has 0 N–H and O–H groups in total. The molecule has 0 aliphatic carbocycles. The summed E-state index contributed by atoms with van der Waals surface area (Å²) in [5, 5.41) is 8.62. The number of benzene rings is 1. The minimum atomic E-state index is -0.602. The maximum absolute atomic E-state index is 11.7. The third-order valence-electron chi connectivity index (χ3n) is 2.37. The Balaban J connectivity index is 1.94. The van der Waals surface area contributed by atoms with E-state index in [-0.39, 0.29) is 18.3 Å². The zero-order chi connectivity index (χ0) is 13.7. The Bertz CT molecular complexity index is 601. The summed E-state index contributed by atoms with van der Waals surface area (Å²) >= 11 is 0. The summed E-state index contributed by atoms with van der Waals surface area (Å²) in [6.07, 6.45) is 0.575. The molecule has 1 amide bonds. The van der Waals surface area contributed by atoms with Crippen molar-refractivity contribution in [2.45, 2.75) is 6.61 Å². The second-order valence-electron chi connectivity index (χ2n) is 3.73. The fourth-order valence-electron chi connectivity index (χ4n) is 1.36. The lowest BCUT2D eigenvalue weighted by molar-refractivity contribution is 0.147. The van der Waals surface area contributed by atoms with Crippen molar-refractivity contribution in [1.29, 1.82) is 5.26 Å². The first-order valence-electron chi connectivity index (χ1n) is 5.50. The Labute approximate surface area is 109 Å². The first-order chi connectivity index (χ1) is 9.20. The predicted molar refractivity (Wildman–Crippen MR) is 66.2 cm³/mol. The maximum Gasteiger partial charge on any atom is 0.417 e. The van der Waals surface area contributed by atoms with Gasteiger partial charge in [0.2, 0.25) is 0 Å². The van der Waals surface area contributed by atoms with Gasteiger partial charge in [-0.2, -0.15) is 10.2 Å². The van der Waals surface area contributed by atoms with Crippen molar-refractivity contribution in [3.8, 4) is 6.07 Å². The number of nitrogens with zero attached hydrogens (tertiary/aromatic N) is 3. The number of oxazole rings is 1. The first kappa shape index (κ1) is 12.6. The second-order valence-corrected chi connectivity index (χ2v) is 3.73. The summed E-state index contributed by atoms with van der Waals surface area (Å²) in [5.41, 5.74) is 0.993. The zero-order valence-corrected chi connectivity index (χ0v) is 10.2. The molecule has 2 aromatic rings. The molecule has 0 unspecified atom stereocenters. The quantitative estimate of drug-likeness (QED) is 0.843. The summed E-state index contributed by atoms with van der Waals surface area (Å²) < 4.78 is 10.1.